The summed E-state index contributed by atoms with van der Waals surface area (Å²) >= 11 is 0. The Balaban J connectivity index is 1.45. The summed E-state index contributed by atoms with van der Waals surface area (Å²) in [6, 6.07) is 16.9. The number of methoxy groups -OCH3 is 1. The summed E-state index contributed by atoms with van der Waals surface area (Å²) in [5, 5.41) is 2.72. The first kappa shape index (κ1) is 21.3. The Labute approximate surface area is 184 Å². The van der Waals surface area contributed by atoms with Gasteiger partial charge in [0.2, 0.25) is 5.91 Å². The number of rotatable bonds is 7. The molecule has 4 rings (SSSR count). The first-order valence-electron chi connectivity index (χ1n) is 10.2. The SMILES string of the molecule is COC(=O)C1=C(C(=O)OCc2ccccc2)N2C(=O)[C@H](NC(=O)Cc3ccccc3)[C@@H]2C1. The monoisotopic (exact) mass is 434 g/mol. The van der Waals surface area contributed by atoms with Crippen LogP contribution >= 0.6 is 0 Å². The number of ether oxygens (including phenoxy) is 2. The first-order chi connectivity index (χ1) is 15.5. The minimum Gasteiger partial charge on any atom is -0.466 e. The van der Waals surface area contributed by atoms with Crippen molar-refractivity contribution in [3.8, 4) is 0 Å². The maximum atomic E-state index is 12.8. The summed E-state index contributed by atoms with van der Waals surface area (Å²) < 4.78 is 10.1. The number of β-lactam (4-membered cyclic amide) rings is 1. The zero-order valence-electron chi connectivity index (χ0n) is 17.4. The normalized spacial score (nSPS) is 19.2. The molecule has 0 aliphatic carbocycles. The van der Waals surface area contributed by atoms with Crippen molar-refractivity contribution in [1.29, 1.82) is 0 Å². The summed E-state index contributed by atoms with van der Waals surface area (Å²) in [6.07, 6.45) is 0.227. The second-order valence-electron chi connectivity index (χ2n) is 7.57. The molecule has 0 aromatic heterocycles. The molecule has 0 spiro atoms. The highest BCUT2D eigenvalue weighted by Crippen LogP contribution is 2.39. The molecule has 2 aliphatic heterocycles. The van der Waals surface area contributed by atoms with Gasteiger partial charge in [-0.1, -0.05) is 60.7 Å². The lowest BCUT2D eigenvalue weighted by atomic mass is 9.93. The van der Waals surface area contributed by atoms with Gasteiger partial charge in [0.05, 0.1) is 25.1 Å². The van der Waals surface area contributed by atoms with Crippen LogP contribution in [-0.2, 0) is 41.7 Å². The van der Waals surface area contributed by atoms with Gasteiger partial charge >= 0.3 is 11.9 Å². The van der Waals surface area contributed by atoms with Gasteiger partial charge in [0.15, 0.2) is 0 Å². The van der Waals surface area contributed by atoms with E-state index in [1.165, 1.54) is 12.0 Å². The number of carbonyl (C=O) groups excluding carboxylic acids is 4. The van der Waals surface area contributed by atoms with E-state index in [0.29, 0.717) is 0 Å². The molecule has 2 heterocycles. The fourth-order valence-electron chi connectivity index (χ4n) is 3.96. The van der Waals surface area contributed by atoms with Crippen molar-refractivity contribution < 1.29 is 28.7 Å². The van der Waals surface area contributed by atoms with Crippen LogP contribution in [0.25, 0.3) is 0 Å². The van der Waals surface area contributed by atoms with Crippen molar-refractivity contribution >= 4 is 23.8 Å². The second-order valence-corrected chi connectivity index (χ2v) is 7.57. The molecule has 164 valence electrons. The second kappa shape index (κ2) is 9.05. The molecule has 2 aromatic carbocycles. The number of hydrogen-bond donors (Lipinski definition) is 1. The van der Waals surface area contributed by atoms with E-state index in [-0.39, 0.29) is 36.6 Å². The molecule has 8 heteroatoms. The van der Waals surface area contributed by atoms with Crippen molar-refractivity contribution in [3.63, 3.8) is 0 Å². The average Bonchev–Trinajstić information content (AvgIpc) is 3.18. The number of nitrogens with one attached hydrogen (secondary N) is 1. The van der Waals surface area contributed by atoms with E-state index in [1.807, 2.05) is 48.5 Å². The largest absolute Gasteiger partial charge is 0.466 e. The molecule has 2 aromatic rings. The van der Waals surface area contributed by atoms with E-state index in [4.69, 9.17) is 9.47 Å². The molecular formula is C24H22N2O6. The maximum Gasteiger partial charge on any atom is 0.355 e. The number of carbonyl (C=O) groups is 4. The number of esters is 2. The van der Waals surface area contributed by atoms with Crippen LogP contribution in [-0.4, -0.2) is 47.8 Å². The minimum absolute atomic E-state index is 0.00155. The quantitative estimate of drug-likeness (QED) is 0.524. The third-order valence-corrected chi connectivity index (χ3v) is 5.52. The molecule has 2 atom stereocenters. The molecule has 1 N–H and O–H groups in total. The van der Waals surface area contributed by atoms with Gasteiger partial charge < -0.3 is 14.8 Å². The van der Waals surface area contributed by atoms with Crippen LogP contribution in [0.3, 0.4) is 0 Å². The Morgan fingerprint density at radius 1 is 0.969 bits per heavy atom. The summed E-state index contributed by atoms with van der Waals surface area (Å²) in [6.45, 7) is 0.00155. The summed E-state index contributed by atoms with van der Waals surface area (Å²) in [7, 11) is 1.21. The maximum absolute atomic E-state index is 12.8. The molecule has 1 fully saturated rings. The number of amides is 2. The van der Waals surface area contributed by atoms with Gasteiger partial charge in [0, 0.05) is 6.42 Å². The Morgan fingerprint density at radius 2 is 1.59 bits per heavy atom. The highest BCUT2D eigenvalue weighted by molar-refractivity contribution is 6.08. The van der Waals surface area contributed by atoms with E-state index in [9.17, 15) is 19.2 Å². The summed E-state index contributed by atoms with van der Waals surface area (Å²) in [4.78, 5) is 51.5. The number of fused-ring (bicyclic) bond motifs is 1. The summed E-state index contributed by atoms with van der Waals surface area (Å²) in [5.74, 6) is -2.25. The van der Waals surface area contributed by atoms with Crippen molar-refractivity contribution in [2.75, 3.05) is 7.11 Å². The molecule has 0 unspecified atom stereocenters. The molecule has 0 saturated carbocycles. The molecule has 32 heavy (non-hydrogen) atoms. The predicted octanol–water partition coefficient (Wildman–Crippen LogP) is 1.50. The molecule has 0 radical (unpaired) electrons. The third-order valence-electron chi connectivity index (χ3n) is 5.52. The van der Waals surface area contributed by atoms with Gasteiger partial charge in [0.25, 0.3) is 5.91 Å². The van der Waals surface area contributed by atoms with Crippen molar-refractivity contribution in [2.24, 2.45) is 0 Å². The Kier molecular flexibility index (Phi) is 6.02. The Morgan fingerprint density at radius 3 is 2.22 bits per heavy atom. The molecular weight excluding hydrogens is 412 g/mol. The standard InChI is InChI=1S/C24H22N2O6/c1-31-23(29)17-13-18-20(25-19(27)12-15-8-4-2-5-9-15)22(28)26(18)21(17)24(30)32-14-16-10-6-3-7-11-16/h2-11,18,20H,12-14H2,1H3,(H,25,27)/t18-,20+/m0/s1. The zero-order chi connectivity index (χ0) is 22.7. The van der Waals surface area contributed by atoms with E-state index in [0.717, 1.165) is 11.1 Å². The van der Waals surface area contributed by atoms with Gasteiger partial charge in [-0.25, -0.2) is 9.59 Å². The van der Waals surface area contributed by atoms with Crippen LogP contribution in [0, 0.1) is 0 Å². The minimum atomic E-state index is -0.815. The fraction of sp³-hybridized carbons (Fsp3) is 0.250. The lowest BCUT2D eigenvalue weighted by Crippen LogP contribution is -2.68. The summed E-state index contributed by atoms with van der Waals surface area (Å²) in [5.41, 5.74) is 1.55. The van der Waals surface area contributed by atoms with Gasteiger partial charge in [-0.3, -0.25) is 14.5 Å². The van der Waals surface area contributed by atoms with Crippen LogP contribution in [0.15, 0.2) is 71.9 Å². The van der Waals surface area contributed by atoms with E-state index < -0.39 is 29.9 Å². The van der Waals surface area contributed by atoms with Gasteiger partial charge in [0.1, 0.15) is 18.3 Å². The molecule has 0 bridgehead atoms. The lowest BCUT2D eigenvalue weighted by Gasteiger charge is -2.43. The average molecular weight is 434 g/mol. The van der Waals surface area contributed by atoms with E-state index in [1.54, 1.807) is 12.1 Å². The third kappa shape index (κ3) is 4.12. The van der Waals surface area contributed by atoms with Crippen LogP contribution in [0.2, 0.25) is 0 Å². The molecule has 2 aliphatic rings. The Bertz CT molecular complexity index is 1080. The van der Waals surface area contributed by atoms with Crippen LogP contribution in [0.4, 0.5) is 0 Å². The van der Waals surface area contributed by atoms with E-state index in [2.05, 4.69) is 5.32 Å². The van der Waals surface area contributed by atoms with Gasteiger partial charge in [-0.15, -0.1) is 0 Å². The highest BCUT2D eigenvalue weighted by Gasteiger charge is 2.57. The zero-order valence-corrected chi connectivity index (χ0v) is 17.4. The molecule has 8 nitrogen and oxygen atoms in total. The van der Waals surface area contributed by atoms with Gasteiger partial charge in [-0.2, -0.15) is 0 Å². The Hall–Kier alpha value is -3.94. The van der Waals surface area contributed by atoms with Crippen molar-refractivity contribution in [2.45, 2.75) is 31.5 Å². The number of nitrogens with zero attached hydrogens (tertiary/aromatic N) is 1. The number of hydrogen-bond acceptors (Lipinski definition) is 6. The highest BCUT2D eigenvalue weighted by atomic mass is 16.5. The van der Waals surface area contributed by atoms with Crippen LogP contribution in [0.5, 0.6) is 0 Å². The van der Waals surface area contributed by atoms with Crippen molar-refractivity contribution in [3.05, 3.63) is 83.1 Å². The topological polar surface area (TPSA) is 102 Å². The lowest BCUT2D eigenvalue weighted by molar-refractivity contribution is -0.155. The fourth-order valence-corrected chi connectivity index (χ4v) is 3.96. The van der Waals surface area contributed by atoms with Crippen molar-refractivity contribution in [1.82, 2.24) is 10.2 Å². The predicted molar refractivity (Wildman–Crippen MR) is 113 cm³/mol. The smallest absolute Gasteiger partial charge is 0.355 e. The number of benzene rings is 2. The first-order valence-corrected chi connectivity index (χ1v) is 10.2. The van der Waals surface area contributed by atoms with Crippen LogP contribution < -0.4 is 5.32 Å². The molecule has 2 amide bonds. The molecule has 1 saturated heterocycles. The van der Waals surface area contributed by atoms with Crippen LogP contribution in [0.1, 0.15) is 17.5 Å². The van der Waals surface area contributed by atoms with Gasteiger partial charge in [-0.05, 0) is 11.1 Å². The van der Waals surface area contributed by atoms with E-state index >= 15 is 0 Å².